The van der Waals surface area contributed by atoms with E-state index in [1.165, 1.54) is 64.2 Å². The Morgan fingerprint density at radius 2 is 1.62 bits per heavy atom. The van der Waals surface area contributed by atoms with E-state index in [0.717, 1.165) is 13.1 Å². The fourth-order valence-electron chi connectivity index (χ4n) is 2.66. The van der Waals surface area contributed by atoms with Gasteiger partial charge in [0.15, 0.2) is 0 Å². The first-order chi connectivity index (χ1) is 10.2. The topological polar surface area (TPSA) is 40.5 Å². The molecule has 0 bridgehead atoms. The first-order valence-corrected chi connectivity index (χ1v) is 8.59. The van der Waals surface area contributed by atoms with Crippen molar-refractivity contribution in [1.82, 2.24) is 4.90 Å². The molecule has 0 amide bonds. The zero-order valence-electron chi connectivity index (χ0n) is 13.5. The number of unbranched alkanes of at least 4 members (excludes halogenated alkanes) is 9. The van der Waals surface area contributed by atoms with Gasteiger partial charge in [-0.05, 0) is 12.5 Å². The first-order valence-electron chi connectivity index (χ1n) is 8.59. The molecule has 0 fully saturated rings. The van der Waals surface area contributed by atoms with Crippen LogP contribution in [-0.2, 0) is 4.79 Å². The second kappa shape index (κ2) is 11.4. The molecular weight excluding hydrogens is 262 g/mol. The molecule has 3 heteroatoms. The second-order valence-electron chi connectivity index (χ2n) is 5.96. The van der Waals surface area contributed by atoms with E-state index in [4.69, 9.17) is 5.11 Å². The van der Waals surface area contributed by atoms with Gasteiger partial charge in [0.1, 0.15) is 0 Å². The Morgan fingerprint density at radius 3 is 2.10 bits per heavy atom. The van der Waals surface area contributed by atoms with Crippen molar-refractivity contribution in [3.63, 3.8) is 0 Å². The molecule has 21 heavy (non-hydrogen) atoms. The smallest absolute Gasteiger partial charge is 0.335 e. The molecule has 0 saturated carbocycles. The van der Waals surface area contributed by atoms with Crippen LogP contribution in [0.1, 0.15) is 71.1 Å². The molecule has 1 aliphatic rings. The maximum atomic E-state index is 10.8. The fourth-order valence-corrected chi connectivity index (χ4v) is 2.66. The predicted molar refractivity (Wildman–Crippen MR) is 88.3 cm³/mol. The molecule has 0 radical (unpaired) electrons. The van der Waals surface area contributed by atoms with Crippen molar-refractivity contribution in [3.8, 4) is 0 Å². The highest BCUT2D eigenvalue weighted by molar-refractivity contribution is 5.90. The lowest BCUT2D eigenvalue weighted by molar-refractivity contribution is -0.132. The van der Waals surface area contributed by atoms with Crippen LogP contribution in [0.5, 0.6) is 0 Å². The summed E-state index contributed by atoms with van der Waals surface area (Å²) >= 11 is 0. The SMILES string of the molecule is CCCCCCCCCCCCN1C=CC(C(=O)O)=CC1. The highest BCUT2D eigenvalue weighted by Crippen LogP contribution is 2.12. The summed E-state index contributed by atoms with van der Waals surface area (Å²) in [4.78, 5) is 13.0. The molecule has 0 unspecified atom stereocenters. The van der Waals surface area contributed by atoms with Crippen LogP contribution in [0.15, 0.2) is 23.9 Å². The van der Waals surface area contributed by atoms with Gasteiger partial charge < -0.3 is 10.0 Å². The number of carboxylic acid groups (broad SMARTS) is 1. The number of hydrogen-bond acceptors (Lipinski definition) is 2. The van der Waals surface area contributed by atoms with Crippen LogP contribution in [-0.4, -0.2) is 29.1 Å². The predicted octanol–water partition coefficient (Wildman–Crippen LogP) is 4.75. The van der Waals surface area contributed by atoms with E-state index in [1.807, 2.05) is 6.20 Å². The summed E-state index contributed by atoms with van der Waals surface area (Å²) in [6.45, 7) is 4.03. The molecule has 0 spiro atoms. The Morgan fingerprint density at radius 1 is 1.05 bits per heavy atom. The number of aliphatic carboxylic acids is 1. The van der Waals surface area contributed by atoms with Gasteiger partial charge in [0.2, 0.25) is 0 Å². The number of carbonyl (C=O) groups is 1. The van der Waals surface area contributed by atoms with Gasteiger partial charge in [-0.3, -0.25) is 0 Å². The third kappa shape index (κ3) is 8.59. The van der Waals surface area contributed by atoms with Crippen molar-refractivity contribution < 1.29 is 9.90 Å². The van der Waals surface area contributed by atoms with Crippen molar-refractivity contribution >= 4 is 5.97 Å². The summed E-state index contributed by atoms with van der Waals surface area (Å²) < 4.78 is 0. The lowest BCUT2D eigenvalue weighted by Crippen LogP contribution is -2.22. The Hall–Kier alpha value is -1.25. The van der Waals surface area contributed by atoms with E-state index in [2.05, 4.69) is 11.8 Å². The first kappa shape index (κ1) is 17.8. The maximum absolute atomic E-state index is 10.8. The molecule has 1 N–H and O–H groups in total. The fraction of sp³-hybridized carbons (Fsp3) is 0.722. The Labute approximate surface area is 129 Å². The van der Waals surface area contributed by atoms with Crippen molar-refractivity contribution in [2.45, 2.75) is 71.1 Å². The average Bonchev–Trinajstić information content (AvgIpc) is 2.49. The molecule has 0 atom stereocenters. The minimum Gasteiger partial charge on any atom is -0.478 e. The Kier molecular flexibility index (Phi) is 9.68. The largest absolute Gasteiger partial charge is 0.478 e. The summed E-state index contributed by atoms with van der Waals surface area (Å²) in [5.74, 6) is -0.829. The molecule has 0 aliphatic carbocycles. The van der Waals surface area contributed by atoms with Crippen molar-refractivity contribution in [2.24, 2.45) is 0 Å². The van der Waals surface area contributed by atoms with E-state index >= 15 is 0 Å². The highest BCUT2D eigenvalue weighted by Gasteiger charge is 2.09. The number of carboxylic acids is 1. The third-order valence-electron chi connectivity index (χ3n) is 4.06. The molecule has 3 nitrogen and oxygen atoms in total. The van der Waals surface area contributed by atoms with Crippen LogP contribution in [0.3, 0.4) is 0 Å². The lowest BCUT2D eigenvalue weighted by atomic mass is 10.1. The van der Waals surface area contributed by atoms with Crippen LogP contribution in [0.25, 0.3) is 0 Å². The molecule has 0 aromatic carbocycles. The van der Waals surface area contributed by atoms with Crippen molar-refractivity contribution in [3.05, 3.63) is 23.9 Å². The van der Waals surface area contributed by atoms with Gasteiger partial charge in [-0.15, -0.1) is 0 Å². The summed E-state index contributed by atoms with van der Waals surface area (Å²) in [5, 5.41) is 8.85. The monoisotopic (exact) mass is 293 g/mol. The summed E-state index contributed by atoms with van der Waals surface area (Å²) in [6, 6.07) is 0. The third-order valence-corrected chi connectivity index (χ3v) is 4.06. The highest BCUT2D eigenvalue weighted by atomic mass is 16.4. The minimum absolute atomic E-state index is 0.411. The van der Waals surface area contributed by atoms with Crippen LogP contribution >= 0.6 is 0 Å². The molecule has 0 saturated heterocycles. The number of rotatable bonds is 12. The minimum atomic E-state index is -0.829. The van der Waals surface area contributed by atoms with Gasteiger partial charge in [-0.2, -0.15) is 0 Å². The molecule has 0 aromatic rings. The number of nitrogens with zero attached hydrogens (tertiary/aromatic N) is 1. The molecule has 1 rings (SSSR count). The van der Waals surface area contributed by atoms with E-state index in [9.17, 15) is 4.79 Å². The summed E-state index contributed by atoms with van der Waals surface area (Å²) in [7, 11) is 0. The van der Waals surface area contributed by atoms with Crippen LogP contribution in [0, 0.1) is 0 Å². The molecular formula is C18H31NO2. The quantitative estimate of drug-likeness (QED) is 0.528. The van der Waals surface area contributed by atoms with Gasteiger partial charge in [0, 0.05) is 19.3 Å². The number of hydrogen-bond donors (Lipinski definition) is 1. The van der Waals surface area contributed by atoms with Gasteiger partial charge in [-0.25, -0.2) is 4.79 Å². The van der Waals surface area contributed by atoms with Crippen LogP contribution in [0.2, 0.25) is 0 Å². The lowest BCUT2D eigenvalue weighted by Gasteiger charge is -2.21. The standard InChI is InChI=1S/C18H31NO2/c1-2-3-4-5-6-7-8-9-10-11-14-19-15-12-17(13-16-19)18(20)21/h12-13,15H,2-11,14,16H2,1H3,(H,20,21). The van der Waals surface area contributed by atoms with E-state index in [0.29, 0.717) is 5.57 Å². The molecule has 0 aromatic heterocycles. The second-order valence-corrected chi connectivity index (χ2v) is 5.96. The molecule has 1 heterocycles. The van der Waals surface area contributed by atoms with Gasteiger partial charge >= 0.3 is 5.97 Å². The van der Waals surface area contributed by atoms with Crippen molar-refractivity contribution in [1.29, 1.82) is 0 Å². The maximum Gasteiger partial charge on any atom is 0.335 e. The molecule has 1 aliphatic heterocycles. The zero-order valence-corrected chi connectivity index (χ0v) is 13.5. The zero-order chi connectivity index (χ0) is 15.3. The van der Waals surface area contributed by atoms with Gasteiger partial charge in [-0.1, -0.05) is 70.8 Å². The van der Waals surface area contributed by atoms with Crippen LogP contribution < -0.4 is 0 Å². The molecule has 120 valence electrons. The van der Waals surface area contributed by atoms with Gasteiger partial charge in [0.25, 0.3) is 0 Å². The normalized spacial score (nSPS) is 14.3. The summed E-state index contributed by atoms with van der Waals surface area (Å²) in [5.41, 5.74) is 0.411. The van der Waals surface area contributed by atoms with E-state index in [1.54, 1.807) is 12.2 Å². The van der Waals surface area contributed by atoms with Crippen LogP contribution in [0.4, 0.5) is 0 Å². The van der Waals surface area contributed by atoms with E-state index in [-0.39, 0.29) is 0 Å². The Balaban J connectivity index is 1.90. The summed E-state index contributed by atoms with van der Waals surface area (Å²) in [6.07, 6.45) is 18.9. The average molecular weight is 293 g/mol. The Bertz CT molecular complexity index is 347. The van der Waals surface area contributed by atoms with Gasteiger partial charge in [0.05, 0.1) is 5.57 Å². The van der Waals surface area contributed by atoms with Crippen molar-refractivity contribution in [2.75, 3.05) is 13.1 Å². The van der Waals surface area contributed by atoms with E-state index < -0.39 is 5.97 Å².